The Kier molecular flexibility index (Phi) is 9.66. The van der Waals surface area contributed by atoms with Crippen molar-refractivity contribution in [1.82, 2.24) is 6.15 Å². The number of esters is 1. The summed E-state index contributed by atoms with van der Waals surface area (Å²) in [5.74, 6) is -0.463. The van der Waals surface area contributed by atoms with Crippen LogP contribution < -0.4 is 6.15 Å². The number of hydrogen-bond donors (Lipinski definition) is 1. The van der Waals surface area contributed by atoms with E-state index >= 15 is 0 Å². The van der Waals surface area contributed by atoms with E-state index in [0.29, 0.717) is 6.61 Å². The van der Waals surface area contributed by atoms with Gasteiger partial charge in [0.2, 0.25) is 0 Å². The Balaban J connectivity index is 0. The molecule has 0 aromatic rings. The smallest absolute Gasteiger partial charge is 0.363 e. The normalized spacial score (nSPS) is 10.7. The number of ether oxygens (including phenoxy) is 3. The van der Waals surface area contributed by atoms with Gasteiger partial charge in [-0.05, 0) is 34.6 Å². The fourth-order valence-electron chi connectivity index (χ4n) is 0.848. The summed E-state index contributed by atoms with van der Waals surface area (Å²) >= 11 is 0. The molecule has 0 rings (SSSR count). The van der Waals surface area contributed by atoms with Crippen LogP contribution in [0.2, 0.25) is 0 Å². The van der Waals surface area contributed by atoms with E-state index in [1.807, 2.05) is 27.7 Å². The molecule has 0 fully saturated rings. The molecule has 0 aromatic carbocycles. The van der Waals surface area contributed by atoms with Crippen molar-refractivity contribution in [2.75, 3.05) is 6.61 Å². The van der Waals surface area contributed by atoms with Gasteiger partial charge in [-0.2, -0.15) is 0 Å². The molecular formula is C10H23NO4. The quantitative estimate of drug-likeness (QED) is 0.547. The first kappa shape index (κ1) is 16.8. The summed E-state index contributed by atoms with van der Waals surface area (Å²) in [7, 11) is 0. The van der Waals surface area contributed by atoms with Crippen LogP contribution in [0.15, 0.2) is 0 Å². The van der Waals surface area contributed by atoms with Gasteiger partial charge < -0.3 is 20.4 Å². The molecule has 0 spiro atoms. The van der Waals surface area contributed by atoms with E-state index in [2.05, 4.69) is 0 Å². The minimum atomic E-state index is -0.907. The van der Waals surface area contributed by atoms with Crippen molar-refractivity contribution in [3.63, 3.8) is 0 Å². The summed E-state index contributed by atoms with van der Waals surface area (Å²) in [5.41, 5.74) is 0. The van der Waals surface area contributed by atoms with E-state index in [1.54, 1.807) is 6.92 Å². The van der Waals surface area contributed by atoms with Gasteiger partial charge in [-0.15, -0.1) is 0 Å². The average molecular weight is 221 g/mol. The van der Waals surface area contributed by atoms with Crippen LogP contribution >= 0.6 is 0 Å². The molecule has 0 aliphatic carbocycles. The minimum Gasteiger partial charge on any atom is -0.462 e. The zero-order valence-electron chi connectivity index (χ0n) is 10.3. The highest BCUT2D eigenvalue weighted by Crippen LogP contribution is 2.05. The Labute approximate surface area is 91.7 Å². The topological polar surface area (TPSA) is 79.8 Å². The molecular weight excluding hydrogens is 198 g/mol. The Bertz CT molecular complexity index is 161. The number of carbonyl (C=O) groups excluding carboxylic acids is 1. The van der Waals surface area contributed by atoms with Gasteiger partial charge >= 0.3 is 5.97 Å². The lowest BCUT2D eigenvalue weighted by Crippen LogP contribution is -2.33. The molecule has 15 heavy (non-hydrogen) atoms. The third-order valence-electron chi connectivity index (χ3n) is 1.27. The standard InChI is InChI=1S/C10H20O4.H3N/c1-6-12-9(11)10(13-7(2)3)14-8(4)5;/h7-8,10H,6H2,1-5H3;1H3. The van der Waals surface area contributed by atoms with Crippen molar-refractivity contribution >= 4 is 5.97 Å². The van der Waals surface area contributed by atoms with E-state index in [1.165, 1.54) is 0 Å². The lowest BCUT2D eigenvalue weighted by atomic mass is 10.4. The molecule has 0 amide bonds. The molecule has 3 N–H and O–H groups in total. The van der Waals surface area contributed by atoms with Crippen molar-refractivity contribution in [2.45, 2.75) is 53.1 Å². The van der Waals surface area contributed by atoms with Crippen LogP contribution in [0.25, 0.3) is 0 Å². The first-order valence-electron chi connectivity index (χ1n) is 4.94. The molecule has 0 saturated heterocycles. The van der Waals surface area contributed by atoms with Crippen molar-refractivity contribution in [1.29, 1.82) is 0 Å². The summed E-state index contributed by atoms with van der Waals surface area (Å²) in [5, 5.41) is 0. The second-order valence-corrected chi connectivity index (χ2v) is 3.45. The molecule has 0 saturated carbocycles. The van der Waals surface area contributed by atoms with Crippen LogP contribution in [-0.2, 0) is 19.0 Å². The molecule has 5 nitrogen and oxygen atoms in total. The fourth-order valence-corrected chi connectivity index (χ4v) is 0.848. The highest BCUT2D eigenvalue weighted by atomic mass is 16.7. The van der Waals surface area contributed by atoms with E-state index in [-0.39, 0.29) is 18.4 Å². The molecule has 0 aromatic heterocycles. The minimum absolute atomic E-state index is 0. The van der Waals surface area contributed by atoms with E-state index in [9.17, 15) is 4.79 Å². The summed E-state index contributed by atoms with van der Waals surface area (Å²) in [6.07, 6.45) is -1.04. The largest absolute Gasteiger partial charge is 0.462 e. The predicted octanol–water partition coefficient (Wildman–Crippen LogP) is 1.89. The van der Waals surface area contributed by atoms with Gasteiger partial charge in [0.15, 0.2) is 0 Å². The summed E-state index contributed by atoms with van der Waals surface area (Å²) in [4.78, 5) is 11.3. The molecule has 0 atom stereocenters. The van der Waals surface area contributed by atoms with Gasteiger partial charge in [-0.3, -0.25) is 0 Å². The molecule has 5 heteroatoms. The summed E-state index contributed by atoms with van der Waals surface area (Å²) in [6.45, 7) is 9.45. The third-order valence-corrected chi connectivity index (χ3v) is 1.27. The van der Waals surface area contributed by atoms with Crippen LogP contribution in [-0.4, -0.2) is 31.1 Å². The molecule has 0 bridgehead atoms. The lowest BCUT2D eigenvalue weighted by Gasteiger charge is -2.20. The Hall–Kier alpha value is -0.650. The summed E-state index contributed by atoms with van der Waals surface area (Å²) < 4.78 is 15.4. The number of rotatable bonds is 6. The first-order chi connectivity index (χ1) is 6.47. The second-order valence-electron chi connectivity index (χ2n) is 3.45. The van der Waals surface area contributed by atoms with Crippen LogP contribution in [0.3, 0.4) is 0 Å². The molecule has 0 heterocycles. The Morgan fingerprint density at radius 3 is 1.73 bits per heavy atom. The zero-order valence-corrected chi connectivity index (χ0v) is 10.3. The predicted molar refractivity (Wildman–Crippen MR) is 57.9 cm³/mol. The molecule has 0 unspecified atom stereocenters. The van der Waals surface area contributed by atoms with Gasteiger partial charge in [0.25, 0.3) is 6.29 Å². The average Bonchev–Trinajstić information content (AvgIpc) is 2.01. The van der Waals surface area contributed by atoms with Crippen molar-refractivity contribution in [3.05, 3.63) is 0 Å². The van der Waals surface area contributed by atoms with Crippen LogP contribution in [0.5, 0.6) is 0 Å². The zero-order chi connectivity index (χ0) is 11.1. The summed E-state index contributed by atoms with van der Waals surface area (Å²) in [6, 6.07) is 0. The monoisotopic (exact) mass is 221 g/mol. The van der Waals surface area contributed by atoms with Crippen molar-refractivity contribution in [3.8, 4) is 0 Å². The van der Waals surface area contributed by atoms with Gasteiger partial charge in [-0.1, -0.05) is 0 Å². The maximum atomic E-state index is 11.3. The van der Waals surface area contributed by atoms with Crippen molar-refractivity contribution < 1.29 is 19.0 Å². The molecule has 92 valence electrons. The van der Waals surface area contributed by atoms with E-state index in [4.69, 9.17) is 14.2 Å². The maximum Gasteiger partial charge on any atom is 0.363 e. The molecule has 0 aliphatic rings. The maximum absolute atomic E-state index is 11.3. The third kappa shape index (κ3) is 8.35. The van der Waals surface area contributed by atoms with Gasteiger partial charge in [0.1, 0.15) is 0 Å². The fraction of sp³-hybridized carbons (Fsp3) is 0.900. The first-order valence-corrected chi connectivity index (χ1v) is 4.94. The molecule has 0 aliphatic heterocycles. The highest BCUT2D eigenvalue weighted by molar-refractivity contribution is 5.73. The van der Waals surface area contributed by atoms with E-state index < -0.39 is 12.3 Å². The Morgan fingerprint density at radius 2 is 1.47 bits per heavy atom. The number of hydrogen-bond acceptors (Lipinski definition) is 5. The van der Waals surface area contributed by atoms with Gasteiger partial charge in [0, 0.05) is 0 Å². The molecule has 0 radical (unpaired) electrons. The Morgan fingerprint density at radius 1 is 1.07 bits per heavy atom. The lowest BCUT2D eigenvalue weighted by molar-refractivity contribution is -0.211. The van der Waals surface area contributed by atoms with Crippen LogP contribution in [0, 0.1) is 0 Å². The van der Waals surface area contributed by atoms with Crippen LogP contribution in [0.1, 0.15) is 34.6 Å². The second kappa shape index (κ2) is 8.64. The highest BCUT2D eigenvalue weighted by Gasteiger charge is 2.23. The van der Waals surface area contributed by atoms with Gasteiger partial charge in [0.05, 0.1) is 18.8 Å². The number of carbonyl (C=O) groups is 1. The van der Waals surface area contributed by atoms with E-state index in [0.717, 1.165) is 0 Å². The SMILES string of the molecule is CCOC(=O)C(OC(C)C)OC(C)C.N. The van der Waals surface area contributed by atoms with Crippen LogP contribution in [0.4, 0.5) is 0 Å². The van der Waals surface area contributed by atoms with Gasteiger partial charge in [-0.25, -0.2) is 4.79 Å². The van der Waals surface area contributed by atoms with Crippen molar-refractivity contribution in [2.24, 2.45) is 0 Å².